The maximum Gasteiger partial charge on any atom is 0.441 e. The second kappa shape index (κ2) is 8.24. The maximum atomic E-state index is 14.0. The molecule has 0 fully saturated rings. The summed E-state index contributed by atoms with van der Waals surface area (Å²) in [6.07, 6.45) is -5.29. The predicted octanol–water partition coefficient (Wildman–Crippen LogP) is 3.97. The Morgan fingerprint density at radius 2 is 1.82 bits per heavy atom. The van der Waals surface area contributed by atoms with Gasteiger partial charge in [0.15, 0.2) is 0 Å². The van der Waals surface area contributed by atoms with Crippen LogP contribution in [0.25, 0.3) is 0 Å². The van der Waals surface area contributed by atoms with E-state index in [1.807, 2.05) is 5.32 Å². The van der Waals surface area contributed by atoms with Gasteiger partial charge < -0.3 is 15.4 Å². The van der Waals surface area contributed by atoms with E-state index in [1.54, 1.807) is 18.3 Å². The van der Waals surface area contributed by atoms with Gasteiger partial charge in [-0.3, -0.25) is 4.79 Å². The Morgan fingerprint density at radius 1 is 1.14 bits per heavy atom. The Morgan fingerprint density at radius 3 is 2.36 bits per heavy atom. The highest BCUT2D eigenvalue weighted by atomic mass is 35.5. The number of amides is 1. The summed E-state index contributed by atoms with van der Waals surface area (Å²) in [6, 6.07) is 7.76. The molecule has 2 rings (SSSR count). The second-order valence-corrected chi connectivity index (χ2v) is 6.45. The molecule has 0 bridgehead atoms. The second-order valence-electron chi connectivity index (χ2n) is 5.61. The molecular weight excluding hydrogens is 422 g/mol. The lowest BCUT2D eigenvalue weighted by Crippen LogP contribution is -2.69. The molecule has 0 saturated carbocycles. The topological polar surface area (TPSA) is 80.3 Å². The number of ether oxygens (including phenoxy) is 1. The molecule has 1 heterocycles. The number of alkyl halides is 3. The van der Waals surface area contributed by atoms with Crippen LogP contribution in [0.3, 0.4) is 0 Å². The lowest BCUT2D eigenvalue weighted by Gasteiger charge is -2.34. The van der Waals surface area contributed by atoms with Crippen LogP contribution in [0.2, 0.25) is 10.0 Å². The first-order chi connectivity index (χ1) is 13.0. The lowest BCUT2D eigenvalue weighted by atomic mass is 10.1. The third-order valence-electron chi connectivity index (χ3n) is 3.60. The zero-order chi connectivity index (χ0) is 21.1. The van der Waals surface area contributed by atoms with Crippen molar-refractivity contribution < 1.29 is 27.5 Å². The number of anilines is 1. The molecule has 1 aromatic carbocycles. The lowest BCUT2D eigenvalue weighted by molar-refractivity contribution is -0.203. The number of nitrogens with zero attached hydrogens (tertiary/aromatic N) is 1. The summed E-state index contributed by atoms with van der Waals surface area (Å²) >= 11 is 11.6. The van der Waals surface area contributed by atoms with Crippen molar-refractivity contribution in [3.05, 3.63) is 57.7 Å². The fourth-order valence-electron chi connectivity index (χ4n) is 2.26. The number of benzene rings is 1. The molecule has 1 aromatic heterocycles. The largest absolute Gasteiger partial charge is 0.466 e. The zero-order valence-electron chi connectivity index (χ0n) is 14.5. The number of methoxy groups -OCH3 is 1. The Balaban J connectivity index is 2.53. The molecule has 0 aliphatic carbocycles. The molecule has 0 radical (unpaired) electrons. The number of esters is 1. The van der Waals surface area contributed by atoms with Crippen molar-refractivity contribution in [2.24, 2.45) is 0 Å². The minimum absolute atomic E-state index is 0.179. The first-order valence-corrected chi connectivity index (χ1v) is 8.40. The zero-order valence-corrected chi connectivity index (χ0v) is 16.0. The van der Waals surface area contributed by atoms with Gasteiger partial charge in [0.1, 0.15) is 5.82 Å². The van der Waals surface area contributed by atoms with Crippen molar-refractivity contribution in [2.75, 3.05) is 12.4 Å². The standard InChI is InChI=1S/C17H14Cl2F3N3O3/c1-9-4-3-5-13(23-9)24-16(15(27)28-2,17(20,21)22)25-14(26)11-7-6-10(18)8-12(11)19/h3-8H,1-2H3,(H,23,24)(H,25,26)/t16-/m0/s1. The van der Waals surface area contributed by atoms with E-state index in [1.165, 1.54) is 24.3 Å². The van der Waals surface area contributed by atoms with Crippen molar-refractivity contribution in [2.45, 2.75) is 18.8 Å². The molecule has 0 saturated heterocycles. The van der Waals surface area contributed by atoms with Gasteiger partial charge in [-0.05, 0) is 37.3 Å². The van der Waals surface area contributed by atoms with Gasteiger partial charge >= 0.3 is 17.8 Å². The Bertz CT molecular complexity index is 909. The van der Waals surface area contributed by atoms with Crippen LogP contribution in [-0.2, 0) is 9.53 Å². The summed E-state index contributed by atoms with van der Waals surface area (Å²) < 4.78 is 46.3. The number of hydrogen-bond donors (Lipinski definition) is 2. The van der Waals surface area contributed by atoms with Crippen molar-refractivity contribution >= 4 is 40.9 Å². The van der Waals surface area contributed by atoms with Crippen molar-refractivity contribution in [1.29, 1.82) is 0 Å². The quantitative estimate of drug-likeness (QED) is 0.548. The number of rotatable bonds is 5. The summed E-state index contributed by atoms with van der Waals surface area (Å²) in [4.78, 5) is 28.6. The van der Waals surface area contributed by atoms with Crippen LogP contribution in [0.5, 0.6) is 0 Å². The number of aryl methyl sites for hydroxylation is 1. The summed E-state index contributed by atoms with van der Waals surface area (Å²) in [6.45, 7) is 1.55. The molecule has 1 amide bonds. The third kappa shape index (κ3) is 4.48. The Hall–Kier alpha value is -2.52. The summed E-state index contributed by atoms with van der Waals surface area (Å²) in [5.41, 5.74) is -3.54. The molecule has 28 heavy (non-hydrogen) atoms. The SMILES string of the molecule is COC(=O)[C@@](NC(=O)c1ccc(Cl)cc1Cl)(Nc1cccc(C)n1)C(F)(F)F. The summed E-state index contributed by atoms with van der Waals surface area (Å²) in [5, 5.41) is 3.58. The number of carbonyl (C=O) groups excluding carboxylic acids is 2. The summed E-state index contributed by atoms with van der Waals surface area (Å²) in [7, 11) is 0.760. The van der Waals surface area contributed by atoms with Crippen LogP contribution in [0.4, 0.5) is 19.0 Å². The fourth-order valence-corrected chi connectivity index (χ4v) is 2.75. The van der Waals surface area contributed by atoms with E-state index in [0.717, 1.165) is 13.2 Å². The fraction of sp³-hybridized carbons (Fsp3) is 0.235. The predicted molar refractivity (Wildman–Crippen MR) is 97.3 cm³/mol. The molecule has 2 N–H and O–H groups in total. The molecular formula is C17H14Cl2F3N3O3. The molecule has 1 atom stereocenters. The van der Waals surface area contributed by atoms with Crippen LogP contribution in [0.1, 0.15) is 16.1 Å². The number of carbonyl (C=O) groups is 2. The van der Waals surface area contributed by atoms with E-state index in [-0.39, 0.29) is 21.4 Å². The Labute approximate surface area is 168 Å². The first kappa shape index (κ1) is 21.8. The van der Waals surface area contributed by atoms with Crippen LogP contribution in [-0.4, -0.2) is 35.8 Å². The van der Waals surface area contributed by atoms with Crippen molar-refractivity contribution in [3.63, 3.8) is 0 Å². The smallest absolute Gasteiger partial charge is 0.441 e. The van der Waals surface area contributed by atoms with Gasteiger partial charge in [0.25, 0.3) is 5.91 Å². The highest BCUT2D eigenvalue weighted by molar-refractivity contribution is 6.36. The monoisotopic (exact) mass is 435 g/mol. The van der Waals surface area contributed by atoms with Gasteiger partial charge in [-0.2, -0.15) is 13.2 Å². The van der Waals surface area contributed by atoms with E-state index in [4.69, 9.17) is 23.2 Å². The van der Waals surface area contributed by atoms with Gasteiger partial charge in [0.2, 0.25) is 0 Å². The van der Waals surface area contributed by atoms with Crippen LogP contribution >= 0.6 is 23.2 Å². The number of nitrogens with one attached hydrogen (secondary N) is 2. The summed E-state index contributed by atoms with van der Waals surface area (Å²) in [5.74, 6) is -3.36. The van der Waals surface area contributed by atoms with Gasteiger partial charge in [0.05, 0.1) is 17.7 Å². The van der Waals surface area contributed by atoms with Crippen LogP contribution < -0.4 is 10.6 Å². The third-order valence-corrected chi connectivity index (χ3v) is 4.15. The highest BCUT2D eigenvalue weighted by Crippen LogP contribution is 2.33. The molecule has 0 aliphatic heterocycles. The number of halogens is 5. The number of aromatic nitrogens is 1. The van der Waals surface area contributed by atoms with E-state index in [2.05, 4.69) is 9.72 Å². The molecule has 6 nitrogen and oxygen atoms in total. The van der Waals surface area contributed by atoms with Crippen LogP contribution in [0.15, 0.2) is 36.4 Å². The van der Waals surface area contributed by atoms with Gasteiger partial charge in [-0.25, -0.2) is 9.78 Å². The molecule has 150 valence electrons. The van der Waals surface area contributed by atoms with E-state index < -0.39 is 23.7 Å². The molecule has 0 aliphatic rings. The minimum atomic E-state index is -5.29. The normalized spacial score (nSPS) is 13.4. The molecule has 0 spiro atoms. The van der Waals surface area contributed by atoms with E-state index in [0.29, 0.717) is 5.69 Å². The average Bonchev–Trinajstić information content (AvgIpc) is 2.59. The molecule has 2 aromatic rings. The van der Waals surface area contributed by atoms with Gasteiger partial charge in [-0.15, -0.1) is 0 Å². The first-order valence-electron chi connectivity index (χ1n) is 7.64. The maximum absolute atomic E-state index is 14.0. The van der Waals surface area contributed by atoms with E-state index >= 15 is 0 Å². The van der Waals surface area contributed by atoms with Gasteiger partial charge in [-0.1, -0.05) is 29.3 Å². The van der Waals surface area contributed by atoms with Crippen molar-refractivity contribution in [1.82, 2.24) is 10.3 Å². The van der Waals surface area contributed by atoms with Crippen LogP contribution in [0, 0.1) is 6.92 Å². The minimum Gasteiger partial charge on any atom is -0.466 e. The Kier molecular flexibility index (Phi) is 6.41. The number of hydrogen-bond acceptors (Lipinski definition) is 5. The molecule has 11 heteroatoms. The number of pyridine rings is 1. The highest BCUT2D eigenvalue weighted by Gasteiger charge is 2.63. The molecule has 0 unspecified atom stereocenters. The average molecular weight is 436 g/mol. The van der Waals surface area contributed by atoms with E-state index in [9.17, 15) is 22.8 Å². The van der Waals surface area contributed by atoms with Gasteiger partial charge in [0, 0.05) is 10.7 Å². The van der Waals surface area contributed by atoms with Crippen molar-refractivity contribution in [3.8, 4) is 0 Å².